The van der Waals surface area contributed by atoms with Crippen molar-refractivity contribution in [2.75, 3.05) is 5.32 Å². The van der Waals surface area contributed by atoms with E-state index in [0.717, 1.165) is 0 Å². The van der Waals surface area contributed by atoms with Gasteiger partial charge in [0.15, 0.2) is 0 Å². The average molecular weight is 433 g/mol. The Labute approximate surface area is 142 Å². The van der Waals surface area contributed by atoms with E-state index in [1.165, 1.54) is 18.2 Å². The molecule has 0 saturated heterocycles. The highest BCUT2D eigenvalue weighted by Gasteiger charge is 2.11. The van der Waals surface area contributed by atoms with Crippen LogP contribution in [0.2, 0.25) is 5.02 Å². The van der Waals surface area contributed by atoms with Crippen LogP contribution in [0.5, 0.6) is 0 Å². The lowest BCUT2D eigenvalue weighted by Gasteiger charge is -2.08. The molecule has 0 bridgehead atoms. The van der Waals surface area contributed by atoms with Crippen molar-refractivity contribution < 1.29 is 14.7 Å². The molecular formula is C14H8Br2ClNO3. The number of carbonyl (C=O) groups excluding carboxylic acids is 1. The van der Waals surface area contributed by atoms with Gasteiger partial charge in [-0.2, -0.15) is 0 Å². The monoisotopic (exact) mass is 431 g/mol. The molecule has 7 heteroatoms. The standard InChI is InChI=1S/C14H8Br2ClNO3/c15-9-3-8(14(20)21)4-10(6-9)18-13(19)7-1-2-11(16)12(17)5-7/h1-6H,(H,18,19)(H,20,21). The fraction of sp³-hybridized carbons (Fsp3) is 0. The summed E-state index contributed by atoms with van der Waals surface area (Å²) in [4.78, 5) is 23.1. The summed E-state index contributed by atoms with van der Waals surface area (Å²) < 4.78 is 1.25. The summed E-state index contributed by atoms with van der Waals surface area (Å²) in [5.41, 5.74) is 0.833. The minimum Gasteiger partial charge on any atom is -0.478 e. The Morgan fingerprint density at radius 2 is 1.76 bits per heavy atom. The summed E-state index contributed by atoms with van der Waals surface area (Å²) >= 11 is 12.4. The molecule has 0 fully saturated rings. The van der Waals surface area contributed by atoms with Gasteiger partial charge in [0.25, 0.3) is 5.91 Å². The molecule has 0 saturated carbocycles. The van der Waals surface area contributed by atoms with Gasteiger partial charge in [-0.05, 0) is 52.3 Å². The number of halogens is 3. The van der Waals surface area contributed by atoms with Gasteiger partial charge in [-0.25, -0.2) is 4.79 Å². The Kier molecular flexibility index (Phi) is 5.03. The molecule has 0 aliphatic carbocycles. The summed E-state index contributed by atoms with van der Waals surface area (Å²) in [6.07, 6.45) is 0. The number of carboxylic acids is 1. The maximum atomic E-state index is 12.1. The van der Waals surface area contributed by atoms with Gasteiger partial charge in [-0.1, -0.05) is 27.5 Å². The molecule has 0 radical (unpaired) electrons. The molecule has 0 unspecified atom stereocenters. The van der Waals surface area contributed by atoms with Gasteiger partial charge < -0.3 is 10.4 Å². The van der Waals surface area contributed by atoms with Crippen LogP contribution in [0.4, 0.5) is 5.69 Å². The first-order chi connectivity index (χ1) is 9.86. The number of carboxylic acid groups (broad SMARTS) is 1. The lowest BCUT2D eigenvalue weighted by atomic mass is 10.1. The molecular weight excluding hydrogens is 425 g/mol. The zero-order valence-electron chi connectivity index (χ0n) is 10.4. The summed E-state index contributed by atoms with van der Waals surface area (Å²) in [6.45, 7) is 0. The van der Waals surface area contributed by atoms with Gasteiger partial charge in [0.1, 0.15) is 0 Å². The minimum atomic E-state index is -1.07. The Morgan fingerprint density at radius 1 is 1.05 bits per heavy atom. The number of nitrogens with one attached hydrogen (secondary N) is 1. The number of benzene rings is 2. The van der Waals surface area contributed by atoms with Gasteiger partial charge in [-0.15, -0.1) is 0 Å². The second kappa shape index (κ2) is 6.60. The fourth-order valence-electron chi connectivity index (χ4n) is 1.63. The van der Waals surface area contributed by atoms with Gasteiger partial charge >= 0.3 is 5.97 Å². The largest absolute Gasteiger partial charge is 0.478 e. The van der Waals surface area contributed by atoms with Gasteiger partial charge in [0, 0.05) is 20.2 Å². The van der Waals surface area contributed by atoms with Gasteiger partial charge in [0.2, 0.25) is 0 Å². The van der Waals surface area contributed by atoms with Crippen molar-refractivity contribution in [3.63, 3.8) is 0 Å². The Hall–Kier alpha value is -1.37. The lowest BCUT2D eigenvalue weighted by molar-refractivity contribution is 0.0696. The third-order valence-electron chi connectivity index (χ3n) is 2.58. The third-order valence-corrected chi connectivity index (χ3v) is 4.27. The van der Waals surface area contributed by atoms with E-state index in [4.69, 9.17) is 16.7 Å². The van der Waals surface area contributed by atoms with Crippen molar-refractivity contribution in [1.29, 1.82) is 0 Å². The van der Waals surface area contributed by atoms with Crippen LogP contribution in [0.1, 0.15) is 20.7 Å². The van der Waals surface area contributed by atoms with E-state index >= 15 is 0 Å². The maximum absolute atomic E-state index is 12.1. The van der Waals surface area contributed by atoms with E-state index in [0.29, 0.717) is 25.2 Å². The van der Waals surface area contributed by atoms with Crippen LogP contribution in [-0.4, -0.2) is 17.0 Å². The van der Waals surface area contributed by atoms with E-state index in [2.05, 4.69) is 37.2 Å². The number of hydrogen-bond donors (Lipinski definition) is 2. The molecule has 21 heavy (non-hydrogen) atoms. The van der Waals surface area contributed by atoms with Crippen LogP contribution < -0.4 is 5.32 Å². The molecule has 4 nitrogen and oxygen atoms in total. The number of hydrogen-bond acceptors (Lipinski definition) is 2. The van der Waals surface area contributed by atoms with E-state index in [1.54, 1.807) is 18.2 Å². The van der Waals surface area contributed by atoms with Gasteiger partial charge in [0.05, 0.1) is 10.6 Å². The highest BCUT2D eigenvalue weighted by molar-refractivity contribution is 9.10. The van der Waals surface area contributed by atoms with Crippen molar-refractivity contribution in [3.05, 3.63) is 61.5 Å². The molecule has 1 amide bonds. The molecule has 0 heterocycles. The van der Waals surface area contributed by atoms with Crippen molar-refractivity contribution in [2.45, 2.75) is 0 Å². The van der Waals surface area contributed by atoms with E-state index in [9.17, 15) is 9.59 Å². The number of carbonyl (C=O) groups is 2. The van der Waals surface area contributed by atoms with Crippen LogP contribution in [0, 0.1) is 0 Å². The number of aromatic carboxylic acids is 1. The van der Waals surface area contributed by atoms with Crippen molar-refractivity contribution in [1.82, 2.24) is 0 Å². The molecule has 0 aromatic heterocycles. The normalized spacial score (nSPS) is 10.2. The zero-order valence-corrected chi connectivity index (χ0v) is 14.3. The molecule has 0 aliphatic rings. The second-order valence-electron chi connectivity index (χ2n) is 4.12. The Morgan fingerprint density at radius 3 is 2.38 bits per heavy atom. The smallest absolute Gasteiger partial charge is 0.335 e. The quantitative estimate of drug-likeness (QED) is 0.730. The molecule has 108 valence electrons. The molecule has 0 spiro atoms. The second-order valence-corrected chi connectivity index (χ2v) is 6.29. The molecule has 0 aliphatic heterocycles. The van der Waals surface area contributed by atoms with Crippen LogP contribution >= 0.6 is 43.5 Å². The summed E-state index contributed by atoms with van der Waals surface area (Å²) in [5.74, 6) is -1.45. The molecule has 2 N–H and O–H groups in total. The topological polar surface area (TPSA) is 66.4 Å². The maximum Gasteiger partial charge on any atom is 0.335 e. The highest BCUT2D eigenvalue weighted by atomic mass is 79.9. The first-order valence-corrected chi connectivity index (χ1v) is 7.63. The molecule has 2 rings (SSSR count). The van der Waals surface area contributed by atoms with E-state index in [1.807, 2.05) is 0 Å². The first-order valence-electron chi connectivity index (χ1n) is 5.67. The predicted octanol–water partition coefficient (Wildman–Crippen LogP) is 4.82. The Bertz CT molecular complexity index is 734. The number of rotatable bonds is 3. The lowest BCUT2D eigenvalue weighted by Crippen LogP contribution is -2.12. The first kappa shape index (κ1) is 16.0. The van der Waals surface area contributed by atoms with Crippen molar-refractivity contribution >= 4 is 61.0 Å². The van der Waals surface area contributed by atoms with Crippen molar-refractivity contribution in [2.24, 2.45) is 0 Å². The summed E-state index contributed by atoms with van der Waals surface area (Å²) in [7, 11) is 0. The molecule has 2 aromatic carbocycles. The van der Waals surface area contributed by atoms with E-state index in [-0.39, 0.29) is 11.5 Å². The summed E-state index contributed by atoms with van der Waals surface area (Å²) in [6, 6.07) is 9.25. The van der Waals surface area contributed by atoms with Crippen LogP contribution in [0.25, 0.3) is 0 Å². The third kappa shape index (κ3) is 4.06. The number of amides is 1. The zero-order chi connectivity index (χ0) is 15.6. The van der Waals surface area contributed by atoms with Crippen molar-refractivity contribution in [3.8, 4) is 0 Å². The van der Waals surface area contributed by atoms with Crippen LogP contribution in [0.3, 0.4) is 0 Å². The van der Waals surface area contributed by atoms with Gasteiger partial charge in [-0.3, -0.25) is 4.79 Å². The highest BCUT2D eigenvalue weighted by Crippen LogP contribution is 2.24. The Balaban J connectivity index is 2.27. The average Bonchev–Trinajstić information content (AvgIpc) is 2.41. The minimum absolute atomic E-state index is 0.0773. The SMILES string of the molecule is O=C(O)c1cc(Br)cc(NC(=O)c2ccc(Br)c(Cl)c2)c1. The summed E-state index contributed by atoms with van der Waals surface area (Å²) in [5, 5.41) is 12.0. The molecule has 0 atom stereocenters. The predicted molar refractivity (Wildman–Crippen MR) is 88.2 cm³/mol. The van der Waals surface area contributed by atoms with Crippen LogP contribution in [-0.2, 0) is 0 Å². The fourth-order valence-corrected chi connectivity index (χ4v) is 2.55. The molecule has 2 aromatic rings. The number of anilines is 1. The van der Waals surface area contributed by atoms with E-state index < -0.39 is 5.97 Å². The van der Waals surface area contributed by atoms with Crippen LogP contribution in [0.15, 0.2) is 45.3 Å².